The van der Waals surface area contributed by atoms with Gasteiger partial charge in [-0.05, 0) is 66.7 Å². The molecule has 2 unspecified atom stereocenters. The van der Waals surface area contributed by atoms with E-state index in [2.05, 4.69) is 52.9 Å². The van der Waals surface area contributed by atoms with Gasteiger partial charge in [0.2, 0.25) is 0 Å². The third-order valence-corrected chi connectivity index (χ3v) is 4.74. The monoisotopic (exact) mass is 401 g/mol. The second-order valence-corrected chi connectivity index (χ2v) is 6.42. The van der Waals surface area contributed by atoms with Crippen LogP contribution in [0.3, 0.4) is 0 Å². The van der Waals surface area contributed by atoms with Gasteiger partial charge in [-0.1, -0.05) is 13.0 Å². The number of likely N-dealkylation sites (N-methyl/N-ethyl adjacent to an activating group) is 1. The Morgan fingerprint density at radius 1 is 1.38 bits per heavy atom. The number of aromatic nitrogens is 2. The fourth-order valence-electron chi connectivity index (χ4n) is 2.28. The van der Waals surface area contributed by atoms with E-state index in [4.69, 9.17) is 0 Å². The third kappa shape index (κ3) is 4.03. The summed E-state index contributed by atoms with van der Waals surface area (Å²) in [5, 5.41) is 7.94. The molecular weight excluding hydrogens is 380 g/mol. The zero-order valence-electron chi connectivity index (χ0n) is 12.6. The maximum absolute atomic E-state index is 13.2. The van der Waals surface area contributed by atoms with Crippen LogP contribution in [0.1, 0.15) is 43.6 Å². The fraction of sp³-hybridized carbons (Fsp3) is 0.438. The number of nitrogens with zero attached hydrogens (tertiary/aromatic N) is 2. The summed E-state index contributed by atoms with van der Waals surface area (Å²) in [6.07, 6.45) is 3.89. The topological polar surface area (TPSA) is 29.9 Å². The number of halogens is 2. The molecule has 2 aromatic rings. The summed E-state index contributed by atoms with van der Waals surface area (Å²) in [5.74, 6) is -0.195. The van der Waals surface area contributed by atoms with Crippen LogP contribution in [0.4, 0.5) is 4.39 Å². The van der Waals surface area contributed by atoms with Crippen molar-refractivity contribution in [3.63, 3.8) is 0 Å². The lowest BCUT2D eigenvalue weighted by Crippen LogP contribution is -2.20. The van der Waals surface area contributed by atoms with E-state index in [1.165, 1.54) is 6.07 Å². The van der Waals surface area contributed by atoms with Crippen LogP contribution in [0.15, 0.2) is 30.5 Å². The molecule has 1 heterocycles. The summed E-state index contributed by atoms with van der Waals surface area (Å²) in [7, 11) is 1.93. The van der Waals surface area contributed by atoms with Crippen molar-refractivity contribution in [3.05, 3.63) is 51.1 Å². The van der Waals surface area contributed by atoms with Crippen LogP contribution in [-0.4, -0.2) is 16.8 Å². The number of hydrogen-bond acceptors (Lipinski definition) is 2. The molecule has 5 heteroatoms. The lowest BCUT2D eigenvalue weighted by molar-refractivity contribution is 0.469. The number of rotatable bonds is 6. The highest BCUT2D eigenvalue weighted by Gasteiger charge is 2.16. The Balaban J connectivity index is 2.17. The molecule has 1 aromatic carbocycles. The summed E-state index contributed by atoms with van der Waals surface area (Å²) < 4.78 is 16.2. The molecule has 3 nitrogen and oxygen atoms in total. The van der Waals surface area contributed by atoms with E-state index in [0.717, 1.165) is 27.7 Å². The molecule has 0 fully saturated rings. The number of nitrogens with one attached hydrogen (secondary N) is 1. The lowest BCUT2D eigenvalue weighted by atomic mass is 10.0. The van der Waals surface area contributed by atoms with Gasteiger partial charge in [0.05, 0.1) is 5.69 Å². The van der Waals surface area contributed by atoms with Gasteiger partial charge in [0, 0.05) is 28.3 Å². The minimum absolute atomic E-state index is 0.137. The molecule has 0 spiro atoms. The molecule has 0 aliphatic heterocycles. The van der Waals surface area contributed by atoms with Crippen molar-refractivity contribution in [2.75, 3.05) is 7.05 Å². The Labute approximate surface area is 139 Å². The Morgan fingerprint density at radius 3 is 2.76 bits per heavy atom. The van der Waals surface area contributed by atoms with Gasteiger partial charge in [0.25, 0.3) is 0 Å². The predicted molar refractivity (Wildman–Crippen MR) is 91.9 cm³/mol. The molecule has 0 bridgehead atoms. The molecule has 0 saturated heterocycles. The van der Waals surface area contributed by atoms with Gasteiger partial charge in [0.15, 0.2) is 0 Å². The summed E-state index contributed by atoms with van der Waals surface area (Å²) in [4.78, 5) is 0. The minimum Gasteiger partial charge on any atom is -0.313 e. The van der Waals surface area contributed by atoms with E-state index >= 15 is 0 Å². The molecule has 0 radical (unpaired) electrons. The van der Waals surface area contributed by atoms with Crippen LogP contribution >= 0.6 is 22.6 Å². The van der Waals surface area contributed by atoms with Gasteiger partial charge in [-0.25, -0.2) is 4.39 Å². The second kappa shape index (κ2) is 7.35. The number of hydrogen-bond donors (Lipinski definition) is 1. The molecule has 2 rings (SSSR count). The van der Waals surface area contributed by atoms with Gasteiger partial charge in [-0.3, -0.25) is 4.68 Å². The molecule has 1 aromatic heterocycles. The molecule has 21 heavy (non-hydrogen) atoms. The van der Waals surface area contributed by atoms with Crippen molar-refractivity contribution in [1.29, 1.82) is 0 Å². The summed E-state index contributed by atoms with van der Waals surface area (Å²) in [6, 6.07) is 7.55. The van der Waals surface area contributed by atoms with Gasteiger partial charge in [-0.15, -0.1) is 0 Å². The van der Waals surface area contributed by atoms with Crippen LogP contribution < -0.4 is 5.32 Å². The van der Waals surface area contributed by atoms with Gasteiger partial charge < -0.3 is 5.32 Å². The highest BCUT2D eigenvalue weighted by Crippen LogP contribution is 2.24. The average Bonchev–Trinajstić information content (AvgIpc) is 2.93. The molecule has 0 aliphatic rings. The van der Waals surface area contributed by atoms with Crippen LogP contribution in [0.2, 0.25) is 0 Å². The van der Waals surface area contributed by atoms with Crippen molar-refractivity contribution in [2.24, 2.45) is 0 Å². The average molecular weight is 401 g/mol. The maximum Gasteiger partial charge on any atom is 0.124 e. The van der Waals surface area contributed by atoms with E-state index < -0.39 is 0 Å². The molecule has 0 amide bonds. The maximum atomic E-state index is 13.2. The van der Waals surface area contributed by atoms with Crippen molar-refractivity contribution < 1.29 is 4.39 Å². The Morgan fingerprint density at radius 2 is 2.14 bits per heavy atom. The Kier molecular flexibility index (Phi) is 5.75. The quantitative estimate of drug-likeness (QED) is 0.739. The Bertz CT molecular complexity index is 597. The van der Waals surface area contributed by atoms with Gasteiger partial charge in [0.1, 0.15) is 5.82 Å². The van der Waals surface area contributed by atoms with Crippen molar-refractivity contribution in [2.45, 2.75) is 38.8 Å². The SMILES string of the molecule is CCC(C)n1ccc(CC(NC)c2ccc(F)cc2I)n1. The summed E-state index contributed by atoms with van der Waals surface area (Å²) in [6.45, 7) is 4.32. The third-order valence-electron chi connectivity index (χ3n) is 3.81. The van der Waals surface area contributed by atoms with Crippen molar-refractivity contribution in [1.82, 2.24) is 15.1 Å². The first kappa shape index (κ1) is 16.4. The highest BCUT2D eigenvalue weighted by molar-refractivity contribution is 14.1. The first-order valence-electron chi connectivity index (χ1n) is 7.21. The first-order chi connectivity index (χ1) is 10.0. The van der Waals surface area contributed by atoms with Crippen LogP contribution in [-0.2, 0) is 6.42 Å². The molecule has 114 valence electrons. The van der Waals surface area contributed by atoms with E-state index in [1.54, 1.807) is 6.07 Å². The standard InChI is InChI=1S/C16H21FIN3/c1-4-11(2)21-8-7-13(20-21)10-16(19-3)14-6-5-12(17)9-15(14)18/h5-9,11,16,19H,4,10H2,1-3H3. The fourth-order valence-corrected chi connectivity index (χ4v) is 3.13. The molecule has 0 saturated carbocycles. The summed E-state index contributed by atoms with van der Waals surface area (Å²) in [5.41, 5.74) is 2.16. The normalized spacial score (nSPS) is 14.1. The van der Waals surface area contributed by atoms with Gasteiger partial charge in [-0.2, -0.15) is 5.10 Å². The first-order valence-corrected chi connectivity index (χ1v) is 8.29. The zero-order chi connectivity index (χ0) is 15.4. The van der Waals surface area contributed by atoms with E-state index in [-0.39, 0.29) is 11.9 Å². The molecule has 0 aliphatic carbocycles. The van der Waals surface area contributed by atoms with Gasteiger partial charge >= 0.3 is 0 Å². The van der Waals surface area contributed by atoms with Crippen molar-refractivity contribution in [3.8, 4) is 0 Å². The van der Waals surface area contributed by atoms with Crippen LogP contribution in [0.5, 0.6) is 0 Å². The summed E-state index contributed by atoms with van der Waals surface area (Å²) >= 11 is 2.18. The Hall–Kier alpha value is -0.950. The smallest absolute Gasteiger partial charge is 0.124 e. The van der Waals surface area contributed by atoms with E-state index in [9.17, 15) is 4.39 Å². The lowest BCUT2D eigenvalue weighted by Gasteiger charge is -2.17. The van der Waals surface area contributed by atoms with Crippen LogP contribution in [0.25, 0.3) is 0 Å². The molecule has 2 atom stereocenters. The minimum atomic E-state index is -0.195. The van der Waals surface area contributed by atoms with E-state index in [0.29, 0.717) is 6.04 Å². The molecular formula is C16H21FIN3. The largest absolute Gasteiger partial charge is 0.313 e. The number of benzene rings is 1. The van der Waals surface area contributed by atoms with E-state index in [1.807, 2.05) is 24.0 Å². The zero-order valence-corrected chi connectivity index (χ0v) is 14.8. The van der Waals surface area contributed by atoms with Crippen LogP contribution in [0, 0.1) is 9.39 Å². The highest BCUT2D eigenvalue weighted by atomic mass is 127. The molecule has 1 N–H and O–H groups in total. The predicted octanol–water partition coefficient (Wildman–Crippen LogP) is 4.10. The second-order valence-electron chi connectivity index (χ2n) is 5.26. The van der Waals surface area contributed by atoms with Crippen molar-refractivity contribution >= 4 is 22.6 Å².